The molecule has 1 saturated heterocycles. The molecule has 1 aliphatic heterocycles. The van der Waals surface area contributed by atoms with E-state index in [0.29, 0.717) is 18.0 Å². The van der Waals surface area contributed by atoms with E-state index >= 15 is 0 Å². The van der Waals surface area contributed by atoms with Gasteiger partial charge in [0.15, 0.2) is 0 Å². The van der Waals surface area contributed by atoms with E-state index in [1.54, 1.807) is 0 Å². The highest BCUT2D eigenvalue weighted by Crippen LogP contribution is 2.34. The molecule has 0 spiro atoms. The Morgan fingerprint density at radius 2 is 2.25 bits per heavy atom. The Bertz CT molecular complexity index is 399. The van der Waals surface area contributed by atoms with Gasteiger partial charge in [-0.2, -0.15) is 5.10 Å². The van der Waals surface area contributed by atoms with Crippen molar-refractivity contribution in [2.75, 3.05) is 26.7 Å². The molecular weight excluding hydrogens is 248 g/mol. The number of aromatic nitrogens is 2. The van der Waals surface area contributed by atoms with E-state index < -0.39 is 0 Å². The second-order valence-electron chi connectivity index (χ2n) is 6.38. The van der Waals surface area contributed by atoms with Crippen LogP contribution in [0.3, 0.4) is 0 Å². The highest BCUT2D eigenvalue weighted by Gasteiger charge is 2.31. The molecule has 1 aromatic rings. The fourth-order valence-corrected chi connectivity index (χ4v) is 3.25. The van der Waals surface area contributed by atoms with Crippen molar-refractivity contribution in [3.63, 3.8) is 0 Å². The molecule has 0 amide bonds. The fourth-order valence-electron chi connectivity index (χ4n) is 3.25. The second kappa shape index (κ2) is 7.23. The fraction of sp³-hybridized carbons (Fsp3) is 0.812. The molecule has 1 fully saturated rings. The average molecular weight is 278 g/mol. The Morgan fingerprint density at radius 3 is 2.90 bits per heavy atom. The lowest BCUT2D eigenvalue weighted by molar-refractivity contribution is 0.119. The van der Waals surface area contributed by atoms with Gasteiger partial charge in [-0.15, -0.1) is 0 Å². The van der Waals surface area contributed by atoms with Crippen LogP contribution < -0.4 is 5.32 Å². The van der Waals surface area contributed by atoms with Crippen molar-refractivity contribution in [3.05, 3.63) is 18.0 Å². The first-order chi connectivity index (χ1) is 9.63. The molecule has 0 saturated carbocycles. The van der Waals surface area contributed by atoms with Crippen molar-refractivity contribution in [1.82, 2.24) is 20.0 Å². The molecule has 1 aliphatic rings. The molecule has 2 atom stereocenters. The predicted molar refractivity (Wildman–Crippen MR) is 83.9 cm³/mol. The topological polar surface area (TPSA) is 33.1 Å². The molecule has 0 bridgehead atoms. The minimum absolute atomic E-state index is 0.439. The molecular formula is C16H30N4. The number of piperidine rings is 1. The van der Waals surface area contributed by atoms with Crippen LogP contribution in [0.5, 0.6) is 0 Å². The van der Waals surface area contributed by atoms with Crippen molar-refractivity contribution in [2.24, 2.45) is 5.92 Å². The SMILES string of the molecule is CCCNCC1CCCN(C)C1c1cnn(C(C)C)c1. The summed E-state index contributed by atoms with van der Waals surface area (Å²) in [6.07, 6.45) is 8.14. The molecule has 2 rings (SSSR count). The summed E-state index contributed by atoms with van der Waals surface area (Å²) >= 11 is 0. The van der Waals surface area contributed by atoms with E-state index in [1.165, 1.54) is 31.4 Å². The molecule has 114 valence electrons. The maximum Gasteiger partial charge on any atom is 0.0537 e. The molecule has 2 heterocycles. The summed E-state index contributed by atoms with van der Waals surface area (Å²) in [5.41, 5.74) is 1.38. The predicted octanol–water partition coefficient (Wildman–Crippen LogP) is 2.85. The van der Waals surface area contributed by atoms with E-state index in [2.05, 4.69) is 60.2 Å². The van der Waals surface area contributed by atoms with Crippen LogP contribution in [-0.4, -0.2) is 41.4 Å². The number of rotatable bonds is 6. The first kappa shape index (κ1) is 15.5. The van der Waals surface area contributed by atoms with E-state index in [1.807, 2.05) is 0 Å². The van der Waals surface area contributed by atoms with Gasteiger partial charge in [0.2, 0.25) is 0 Å². The van der Waals surface area contributed by atoms with E-state index in [-0.39, 0.29) is 0 Å². The van der Waals surface area contributed by atoms with Crippen molar-refractivity contribution < 1.29 is 0 Å². The minimum Gasteiger partial charge on any atom is -0.316 e. The van der Waals surface area contributed by atoms with Crippen molar-refractivity contribution in [3.8, 4) is 0 Å². The largest absolute Gasteiger partial charge is 0.316 e. The van der Waals surface area contributed by atoms with Gasteiger partial charge >= 0.3 is 0 Å². The monoisotopic (exact) mass is 278 g/mol. The van der Waals surface area contributed by atoms with Crippen LogP contribution >= 0.6 is 0 Å². The Kier molecular flexibility index (Phi) is 5.61. The van der Waals surface area contributed by atoms with Crippen LogP contribution in [0.15, 0.2) is 12.4 Å². The van der Waals surface area contributed by atoms with Gasteiger partial charge in [-0.25, -0.2) is 0 Å². The lowest BCUT2D eigenvalue weighted by Gasteiger charge is -2.39. The van der Waals surface area contributed by atoms with Crippen LogP contribution in [-0.2, 0) is 0 Å². The highest BCUT2D eigenvalue weighted by atomic mass is 15.3. The van der Waals surface area contributed by atoms with Gasteiger partial charge in [0.1, 0.15) is 0 Å². The molecule has 2 unspecified atom stereocenters. The molecule has 0 aromatic carbocycles. The summed E-state index contributed by atoms with van der Waals surface area (Å²) in [6, 6.07) is 0.954. The molecule has 1 N–H and O–H groups in total. The third-order valence-electron chi connectivity index (χ3n) is 4.33. The molecule has 1 aromatic heterocycles. The molecule has 20 heavy (non-hydrogen) atoms. The Labute approximate surface area is 123 Å². The maximum atomic E-state index is 4.53. The van der Waals surface area contributed by atoms with Gasteiger partial charge in [-0.3, -0.25) is 9.58 Å². The molecule has 0 aliphatic carbocycles. The van der Waals surface area contributed by atoms with Gasteiger partial charge < -0.3 is 5.32 Å². The van der Waals surface area contributed by atoms with E-state index in [9.17, 15) is 0 Å². The molecule has 0 radical (unpaired) electrons. The second-order valence-corrected chi connectivity index (χ2v) is 6.38. The van der Waals surface area contributed by atoms with Gasteiger partial charge in [-0.05, 0) is 65.7 Å². The summed E-state index contributed by atoms with van der Waals surface area (Å²) in [5.74, 6) is 0.699. The molecule has 4 heteroatoms. The standard InChI is InChI=1S/C16H30N4/c1-5-8-17-10-14-7-6-9-19(4)16(14)15-11-18-20(12-15)13(2)3/h11-14,16-17H,5-10H2,1-4H3. The van der Waals surface area contributed by atoms with Crippen LogP contribution in [0.25, 0.3) is 0 Å². The highest BCUT2D eigenvalue weighted by molar-refractivity contribution is 5.13. The molecule has 4 nitrogen and oxygen atoms in total. The normalized spacial score (nSPS) is 24.4. The number of hydrogen-bond acceptors (Lipinski definition) is 3. The van der Waals surface area contributed by atoms with Gasteiger partial charge in [0.25, 0.3) is 0 Å². The van der Waals surface area contributed by atoms with Crippen molar-refractivity contribution >= 4 is 0 Å². The number of nitrogens with one attached hydrogen (secondary N) is 1. The van der Waals surface area contributed by atoms with Gasteiger partial charge in [0, 0.05) is 23.8 Å². The third kappa shape index (κ3) is 3.61. The Morgan fingerprint density at radius 1 is 1.45 bits per heavy atom. The smallest absolute Gasteiger partial charge is 0.0537 e. The summed E-state index contributed by atoms with van der Waals surface area (Å²) < 4.78 is 2.08. The average Bonchev–Trinajstić information content (AvgIpc) is 2.88. The van der Waals surface area contributed by atoms with Crippen LogP contribution in [0.2, 0.25) is 0 Å². The lowest BCUT2D eigenvalue weighted by atomic mass is 9.86. The van der Waals surface area contributed by atoms with Gasteiger partial charge in [-0.1, -0.05) is 6.92 Å². The maximum absolute atomic E-state index is 4.53. The summed E-state index contributed by atoms with van der Waals surface area (Å²) in [4.78, 5) is 2.50. The van der Waals surface area contributed by atoms with Gasteiger partial charge in [0.05, 0.1) is 6.20 Å². The quantitative estimate of drug-likeness (QED) is 0.812. The van der Waals surface area contributed by atoms with Crippen molar-refractivity contribution in [1.29, 1.82) is 0 Å². The lowest BCUT2D eigenvalue weighted by Crippen LogP contribution is -2.40. The number of nitrogens with zero attached hydrogens (tertiary/aromatic N) is 3. The number of hydrogen-bond donors (Lipinski definition) is 1. The number of likely N-dealkylation sites (tertiary alicyclic amines) is 1. The van der Waals surface area contributed by atoms with E-state index in [0.717, 1.165) is 13.1 Å². The summed E-state index contributed by atoms with van der Waals surface area (Å²) in [5, 5.41) is 8.13. The summed E-state index contributed by atoms with van der Waals surface area (Å²) in [6.45, 7) is 10.0. The summed E-state index contributed by atoms with van der Waals surface area (Å²) in [7, 11) is 2.25. The Hall–Kier alpha value is -0.870. The zero-order valence-electron chi connectivity index (χ0n) is 13.5. The first-order valence-corrected chi connectivity index (χ1v) is 8.08. The minimum atomic E-state index is 0.439. The zero-order chi connectivity index (χ0) is 14.5. The van der Waals surface area contributed by atoms with Crippen LogP contribution in [0.1, 0.15) is 57.7 Å². The Balaban J connectivity index is 2.09. The van der Waals surface area contributed by atoms with Crippen molar-refractivity contribution in [2.45, 2.75) is 52.1 Å². The first-order valence-electron chi connectivity index (χ1n) is 8.08. The van der Waals surface area contributed by atoms with E-state index in [4.69, 9.17) is 0 Å². The van der Waals surface area contributed by atoms with Crippen LogP contribution in [0, 0.1) is 5.92 Å². The third-order valence-corrected chi connectivity index (χ3v) is 4.33. The van der Waals surface area contributed by atoms with Crippen LogP contribution in [0.4, 0.5) is 0 Å². The zero-order valence-corrected chi connectivity index (χ0v) is 13.5.